The van der Waals surface area contributed by atoms with Gasteiger partial charge in [-0.05, 0) is 25.0 Å². The number of benzene rings is 1. The maximum atomic E-state index is 9.51. The van der Waals surface area contributed by atoms with Crippen LogP contribution in [0.5, 0.6) is 5.75 Å². The summed E-state index contributed by atoms with van der Waals surface area (Å²) in [4.78, 5) is 4.31. The van der Waals surface area contributed by atoms with Gasteiger partial charge >= 0.3 is 0 Å². The molecule has 4 rings (SSSR count). The number of nitrogens with zero attached hydrogens (tertiary/aromatic N) is 3. The van der Waals surface area contributed by atoms with Crippen molar-refractivity contribution in [3.8, 4) is 28.7 Å². The van der Waals surface area contributed by atoms with Crippen LogP contribution in [0.25, 0.3) is 22.9 Å². The Labute approximate surface area is 125 Å². The minimum atomic E-state index is -0.102. The highest BCUT2D eigenvalue weighted by Gasteiger charge is 2.24. The number of aromatic nitrogens is 3. The lowest BCUT2D eigenvalue weighted by molar-refractivity contribution is 0.103. The Balaban J connectivity index is 1.61. The Bertz CT molecular complexity index is 789. The van der Waals surface area contributed by atoms with Crippen LogP contribution in [0.2, 0.25) is 0 Å². The fourth-order valence-corrected chi connectivity index (χ4v) is 2.42. The summed E-state index contributed by atoms with van der Waals surface area (Å²) in [5.41, 5.74) is 1.17. The van der Waals surface area contributed by atoms with E-state index in [1.165, 1.54) is 0 Å². The van der Waals surface area contributed by atoms with Crippen molar-refractivity contribution in [3.05, 3.63) is 36.2 Å². The maximum absolute atomic E-state index is 9.51. The van der Waals surface area contributed by atoms with Crippen LogP contribution >= 0.6 is 0 Å². The third-order valence-corrected chi connectivity index (χ3v) is 3.52. The van der Waals surface area contributed by atoms with Gasteiger partial charge in [-0.2, -0.15) is 4.98 Å². The number of phenols is 1. The first-order chi connectivity index (χ1) is 10.8. The Morgan fingerprint density at radius 3 is 2.91 bits per heavy atom. The summed E-state index contributed by atoms with van der Waals surface area (Å²) < 4.78 is 16.0. The van der Waals surface area contributed by atoms with Crippen molar-refractivity contribution in [2.24, 2.45) is 0 Å². The van der Waals surface area contributed by atoms with Crippen LogP contribution in [-0.2, 0) is 4.74 Å². The summed E-state index contributed by atoms with van der Waals surface area (Å²) in [6, 6.07) is 8.43. The largest absolute Gasteiger partial charge is 0.508 e. The van der Waals surface area contributed by atoms with Crippen LogP contribution in [0.4, 0.5) is 0 Å². The van der Waals surface area contributed by atoms with E-state index in [0.29, 0.717) is 23.2 Å². The van der Waals surface area contributed by atoms with E-state index in [2.05, 4.69) is 15.3 Å². The molecule has 0 bridgehead atoms. The third kappa shape index (κ3) is 2.35. The highest BCUT2D eigenvalue weighted by molar-refractivity contribution is 5.63. The Hall–Kier alpha value is -2.67. The molecule has 7 nitrogen and oxygen atoms in total. The van der Waals surface area contributed by atoms with Crippen LogP contribution in [0, 0.1) is 0 Å². The summed E-state index contributed by atoms with van der Waals surface area (Å²) in [5, 5.41) is 17.4. The van der Waals surface area contributed by atoms with Crippen molar-refractivity contribution in [1.82, 2.24) is 15.3 Å². The lowest BCUT2D eigenvalue weighted by atomic mass is 10.1. The predicted octanol–water partition coefficient (Wildman–Crippen LogP) is 2.95. The Kier molecular flexibility index (Phi) is 3.12. The lowest BCUT2D eigenvalue weighted by Gasteiger charge is -2.00. The van der Waals surface area contributed by atoms with E-state index in [-0.39, 0.29) is 11.9 Å². The Morgan fingerprint density at radius 1 is 1.14 bits per heavy atom. The van der Waals surface area contributed by atoms with Crippen molar-refractivity contribution in [3.63, 3.8) is 0 Å². The zero-order valence-corrected chi connectivity index (χ0v) is 11.6. The van der Waals surface area contributed by atoms with E-state index >= 15 is 0 Å². The molecule has 1 aliphatic rings. The fraction of sp³-hybridized carbons (Fsp3) is 0.267. The van der Waals surface area contributed by atoms with Crippen molar-refractivity contribution < 1.29 is 18.9 Å². The smallest absolute Gasteiger partial charge is 0.280 e. The van der Waals surface area contributed by atoms with Crippen molar-refractivity contribution in [2.75, 3.05) is 6.61 Å². The zero-order valence-electron chi connectivity index (χ0n) is 11.6. The van der Waals surface area contributed by atoms with Gasteiger partial charge in [0.1, 0.15) is 11.9 Å². The van der Waals surface area contributed by atoms with Crippen LogP contribution in [0.3, 0.4) is 0 Å². The second-order valence-corrected chi connectivity index (χ2v) is 5.09. The van der Waals surface area contributed by atoms with Gasteiger partial charge in [0, 0.05) is 18.2 Å². The van der Waals surface area contributed by atoms with Gasteiger partial charge in [0.05, 0.1) is 0 Å². The molecule has 1 unspecified atom stereocenters. The van der Waals surface area contributed by atoms with Gasteiger partial charge in [-0.3, -0.25) is 0 Å². The molecule has 1 fully saturated rings. The molecule has 22 heavy (non-hydrogen) atoms. The van der Waals surface area contributed by atoms with E-state index in [1.54, 1.807) is 24.3 Å². The topological polar surface area (TPSA) is 94.4 Å². The van der Waals surface area contributed by atoms with Gasteiger partial charge in [0.2, 0.25) is 5.82 Å². The van der Waals surface area contributed by atoms with Gasteiger partial charge in [0.15, 0.2) is 11.5 Å². The first-order valence-electron chi connectivity index (χ1n) is 7.01. The summed E-state index contributed by atoms with van der Waals surface area (Å²) in [6.45, 7) is 0.722. The second-order valence-electron chi connectivity index (χ2n) is 5.09. The highest BCUT2D eigenvalue weighted by Crippen LogP contribution is 2.30. The van der Waals surface area contributed by atoms with E-state index in [1.807, 2.05) is 6.07 Å². The van der Waals surface area contributed by atoms with Gasteiger partial charge < -0.3 is 18.9 Å². The number of rotatable bonds is 3. The number of ether oxygens (including phenoxy) is 1. The van der Waals surface area contributed by atoms with Crippen LogP contribution < -0.4 is 0 Å². The molecular formula is C15H13N3O4. The lowest BCUT2D eigenvalue weighted by Crippen LogP contribution is -1.97. The second kappa shape index (κ2) is 5.27. The summed E-state index contributed by atoms with van der Waals surface area (Å²) in [6.07, 6.45) is 1.79. The minimum absolute atomic E-state index is 0.102. The van der Waals surface area contributed by atoms with Crippen LogP contribution in [-0.4, -0.2) is 27.0 Å². The van der Waals surface area contributed by atoms with Gasteiger partial charge in [-0.25, -0.2) is 0 Å². The quantitative estimate of drug-likeness (QED) is 0.794. The molecule has 3 aromatic rings. The third-order valence-electron chi connectivity index (χ3n) is 3.52. The molecule has 1 saturated heterocycles. The molecule has 0 saturated carbocycles. The highest BCUT2D eigenvalue weighted by atomic mass is 16.5. The summed E-state index contributed by atoms with van der Waals surface area (Å²) >= 11 is 0. The monoisotopic (exact) mass is 299 g/mol. The number of aromatic hydroxyl groups is 1. The summed E-state index contributed by atoms with van der Waals surface area (Å²) in [7, 11) is 0. The molecule has 1 atom stereocenters. The molecule has 0 radical (unpaired) electrons. The normalized spacial score (nSPS) is 17.9. The molecule has 0 aliphatic carbocycles. The average Bonchev–Trinajstić information content (AvgIpc) is 3.27. The van der Waals surface area contributed by atoms with E-state index in [0.717, 1.165) is 25.0 Å². The van der Waals surface area contributed by atoms with Crippen molar-refractivity contribution in [1.29, 1.82) is 0 Å². The van der Waals surface area contributed by atoms with E-state index in [9.17, 15) is 5.11 Å². The number of hydrogen-bond acceptors (Lipinski definition) is 7. The molecule has 1 N–H and O–H groups in total. The average molecular weight is 299 g/mol. The maximum Gasteiger partial charge on any atom is 0.280 e. The molecular weight excluding hydrogens is 286 g/mol. The van der Waals surface area contributed by atoms with Crippen LogP contribution in [0.15, 0.2) is 39.4 Å². The molecule has 1 aromatic carbocycles. The van der Waals surface area contributed by atoms with E-state index < -0.39 is 0 Å². The zero-order chi connectivity index (χ0) is 14.9. The number of hydrogen-bond donors (Lipinski definition) is 1. The number of phenolic OH excluding ortho intramolecular Hbond substituents is 1. The molecule has 1 aliphatic heterocycles. The van der Waals surface area contributed by atoms with Crippen molar-refractivity contribution in [2.45, 2.75) is 18.9 Å². The predicted molar refractivity (Wildman–Crippen MR) is 74.8 cm³/mol. The van der Waals surface area contributed by atoms with Gasteiger partial charge in [-0.1, -0.05) is 22.4 Å². The molecule has 2 aromatic heterocycles. The molecule has 0 amide bonds. The first-order valence-corrected chi connectivity index (χ1v) is 7.01. The summed E-state index contributed by atoms with van der Waals surface area (Å²) in [5.74, 6) is 1.51. The molecule has 3 heterocycles. The fourth-order valence-electron chi connectivity index (χ4n) is 2.42. The van der Waals surface area contributed by atoms with Crippen LogP contribution in [0.1, 0.15) is 24.8 Å². The van der Waals surface area contributed by atoms with E-state index in [4.69, 9.17) is 13.8 Å². The molecule has 7 heteroatoms. The molecule has 0 spiro atoms. The first kappa shape index (κ1) is 13.0. The molecule has 112 valence electrons. The Morgan fingerprint density at radius 2 is 2.09 bits per heavy atom. The van der Waals surface area contributed by atoms with Gasteiger partial charge in [0.25, 0.3) is 5.89 Å². The van der Waals surface area contributed by atoms with Gasteiger partial charge in [-0.15, -0.1) is 0 Å². The SMILES string of the molecule is Oc1cccc(-c2cc(-c3nc(C4CCCO4)no3)no2)c1. The minimum Gasteiger partial charge on any atom is -0.508 e. The standard InChI is InChI=1S/C15H13N3O4/c19-10-4-1-3-9(7-10)13-8-11(17-21-13)15-16-14(18-22-15)12-5-2-6-20-12/h1,3-4,7-8,12,19H,2,5-6H2. The van der Waals surface area contributed by atoms with Crippen molar-refractivity contribution >= 4 is 0 Å².